The molecule has 5 nitrogen and oxygen atoms in total. The quantitative estimate of drug-likeness (QED) is 0.661. The smallest absolute Gasteiger partial charge is 0.359 e. The highest BCUT2D eigenvalue weighted by Gasteiger charge is 2.34. The zero-order valence-electron chi connectivity index (χ0n) is 12.0. The summed E-state index contributed by atoms with van der Waals surface area (Å²) >= 11 is 0. The molecule has 8 heteroatoms. The van der Waals surface area contributed by atoms with Gasteiger partial charge >= 0.3 is 6.18 Å². The summed E-state index contributed by atoms with van der Waals surface area (Å²) in [4.78, 5) is 9.11. The molecule has 21 heavy (non-hydrogen) atoms. The van der Waals surface area contributed by atoms with Crippen LogP contribution in [0.4, 0.5) is 24.9 Å². The Bertz CT molecular complexity index is 471. The fraction of sp³-hybridized carbons (Fsp3) is 0.692. The van der Waals surface area contributed by atoms with Crippen molar-refractivity contribution in [3.05, 3.63) is 11.8 Å². The highest BCUT2D eigenvalue weighted by atomic mass is 19.4. The number of alkyl halides is 3. The van der Waals surface area contributed by atoms with Crippen molar-refractivity contribution in [3.63, 3.8) is 0 Å². The van der Waals surface area contributed by atoms with Gasteiger partial charge in [-0.3, -0.25) is 5.43 Å². The van der Waals surface area contributed by atoms with Gasteiger partial charge in [-0.2, -0.15) is 18.2 Å². The lowest BCUT2D eigenvalue weighted by molar-refractivity contribution is -0.141. The SMILES string of the molecule is CN(CC1CCCCC1)c1cc(C(F)(F)F)nc(NN)n1. The van der Waals surface area contributed by atoms with Crippen LogP contribution in [0.1, 0.15) is 37.8 Å². The fourth-order valence-corrected chi connectivity index (χ4v) is 2.69. The van der Waals surface area contributed by atoms with Gasteiger partial charge in [0, 0.05) is 19.7 Å². The van der Waals surface area contributed by atoms with Crippen LogP contribution in [0.3, 0.4) is 0 Å². The Labute approximate surface area is 121 Å². The molecule has 0 aromatic carbocycles. The molecule has 0 amide bonds. The summed E-state index contributed by atoms with van der Waals surface area (Å²) in [5.41, 5.74) is 1.10. The van der Waals surface area contributed by atoms with Crippen LogP contribution < -0.4 is 16.2 Å². The maximum absolute atomic E-state index is 12.8. The monoisotopic (exact) mass is 303 g/mol. The van der Waals surface area contributed by atoms with E-state index in [0.717, 1.165) is 18.9 Å². The van der Waals surface area contributed by atoms with Crippen LogP contribution in [0, 0.1) is 5.92 Å². The lowest BCUT2D eigenvalue weighted by atomic mass is 9.89. The standard InChI is InChI=1S/C13H20F3N5/c1-21(8-9-5-3-2-4-6-9)11-7-10(13(14,15)16)18-12(19-11)20-17/h7,9H,2-6,8,17H2,1H3,(H,18,19,20). The van der Waals surface area contributed by atoms with Crippen molar-refractivity contribution in [2.45, 2.75) is 38.3 Å². The topological polar surface area (TPSA) is 67.1 Å². The summed E-state index contributed by atoms with van der Waals surface area (Å²) in [6.07, 6.45) is 1.33. The minimum Gasteiger partial charge on any atom is -0.359 e. The highest BCUT2D eigenvalue weighted by Crippen LogP contribution is 2.31. The second-order valence-corrected chi connectivity index (χ2v) is 5.46. The Balaban J connectivity index is 2.17. The summed E-state index contributed by atoms with van der Waals surface area (Å²) in [6.45, 7) is 0.693. The number of anilines is 2. The van der Waals surface area contributed by atoms with Crippen molar-refractivity contribution in [2.75, 3.05) is 23.9 Å². The molecular weight excluding hydrogens is 283 g/mol. The molecule has 0 radical (unpaired) electrons. The number of nitrogens with one attached hydrogen (secondary N) is 1. The van der Waals surface area contributed by atoms with Crippen LogP contribution in [0.5, 0.6) is 0 Å². The van der Waals surface area contributed by atoms with Gasteiger partial charge in [0.05, 0.1) is 0 Å². The van der Waals surface area contributed by atoms with Gasteiger partial charge in [0.15, 0.2) is 5.69 Å². The summed E-state index contributed by atoms with van der Waals surface area (Å²) < 4.78 is 38.5. The third-order valence-electron chi connectivity index (χ3n) is 3.78. The van der Waals surface area contributed by atoms with Gasteiger partial charge in [0.1, 0.15) is 5.82 Å². The van der Waals surface area contributed by atoms with Crippen molar-refractivity contribution < 1.29 is 13.2 Å². The molecule has 0 atom stereocenters. The maximum Gasteiger partial charge on any atom is 0.433 e. The van der Waals surface area contributed by atoms with Gasteiger partial charge in [-0.1, -0.05) is 19.3 Å². The Morgan fingerprint density at radius 2 is 1.95 bits per heavy atom. The van der Waals surface area contributed by atoms with Crippen LogP contribution in [-0.2, 0) is 6.18 Å². The fourth-order valence-electron chi connectivity index (χ4n) is 2.69. The van der Waals surface area contributed by atoms with E-state index >= 15 is 0 Å². The molecule has 1 aromatic heterocycles. The molecule has 0 saturated heterocycles. The Morgan fingerprint density at radius 1 is 1.29 bits per heavy atom. The van der Waals surface area contributed by atoms with Crippen LogP contribution in [0.15, 0.2) is 6.07 Å². The zero-order valence-corrected chi connectivity index (χ0v) is 12.0. The number of rotatable bonds is 4. The number of halogens is 3. The van der Waals surface area contributed by atoms with E-state index in [1.165, 1.54) is 19.3 Å². The molecule has 1 fully saturated rings. The molecule has 1 aromatic rings. The normalized spacial score (nSPS) is 16.8. The summed E-state index contributed by atoms with van der Waals surface area (Å²) in [6, 6.07) is 0.962. The number of hydrazine groups is 1. The van der Waals surface area contributed by atoms with E-state index in [4.69, 9.17) is 5.84 Å². The number of hydrogen-bond donors (Lipinski definition) is 2. The van der Waals surface area contributed by atoms with Gasteiger partial charge in [-0.05, 0) is 18.8 Å². The molecule has 0 spiro atoms. The first-order valence-electron chi connectivity index (χ1n) is 7.04. The molecule has 2 rings (SSSR count). The molecule has 0 bridgehead atoms. The van der Waals surface area contributed by atoms with E-state index in [1.807, 2.05) is 0 Å². The molecule has 3 N–H and O–H groups in total. The molecule has 1 saturated carbocycles. The molecule has 0 aliphatic heterocycles. The second-order valence-electron chi connectivity index (χ2n) is 5.46. The van der Waals surface area contributed by atoms with Gasteiger partial charge in [-0.15, -0.1) is 0 Å². The van der Waals surface area contributed by atoms with Crippen molar-refractivity contribution in [1.29, 1.82) is 0 Å². The third kappa shape index (κ3) is 4.20. The number of nitrogens with zero attached hydrogens (tertiary/aromatic N) is 3. The first kappa shape index (κ1) is 15.8. The lowest BCUT2D eigenvalue weighted by Gasteiger charge is -2.28. The van der Waals surface area contributed by atoms with E-state index in [0.29, 0.717) is 12.5 Å². The number of nitrogen functional groups attached to an aromatic ring is 1. The van der Waals surface area contributed by atoms with E-state index in [1.54, 1.807) is 11.9 Å². The second kappa shape index (κ2) is 6.46. The summed E-state index contributed by atoms with van der Waals surface area (Å²) in [7, 11) is 1.75. The number of aromatic nitrogens is 2. The van der Waals surface area contributed by atoms with Crippen molar-refractivity contribution in [1.82, 2.24) is 9.97 Å². The van der Waals surface area contributed by atoms with Crippen LogP contribution in [-0.4, -0.2) is 23.6 Å². The number of hydrogen-bond acceptors (Lipinski definition) is 5. The zero-order chi connectivity index (χ0) is 15.5. The first-order chi connectivity index (χ1) is 9.90. The van der Waals surface area contributed by atoms with E-state index in [9.17, 15) is 13.2 Å². The Kier molecular flexibility index (Phi) is 4.87. The van der Waals surface area contributed by atoms with Gasteiger partial charge in [-0.25, -0.2) is 10.8 Å². The average molecular weight is 303 g/mol. The van der Waals surface area contributed by atoms with Crippen molar-refractivity contribution in [2.24, 2.45) is 11.8 Å². The van der Waals surface area contributed by atoms with E-state index in [2.05, 4.69) is 15.4 Å². The van der Waals surface area contributed by atoms with Crippen LogP contribution in [0.2, 0.25) is 0 Å². The lowest BCUT2D eigenvalue weighted by Crippen LogP contribution is -2.28. The van der Waals surface area contributed by atoms with Gasteiger partial charge < -0.3 is 4.90 Å². The third-order valence-corrected chi connectivity index (χ3v) is 3.78. The largest absolute Gasteiger partial charge is 0.433 e. The predicted octanol–water partition coefficient (Wildman–Crippen LogP) is 2.80. The Hall–Kier alpha value is -1.57. The van der Waals surface area contributed by atoms with E-state index < -0.39 is 11.9 Å². The predicted molar refractivity (Wildman–Crippen MR) is 74.7 cm³/mol. The molecular formula is C13H20F3N5. The molecule has 118 valence electrons. The minimum atomic E-state index is -4.52. The average Bonchev–Trinajstić information content (AvgIpc) is 2.46. The summed E-state index contributed by atoms with van der Waals surface area (Å²) in [5, 5.41) is 0. The minimum absolute atomic E-state index is 0.227. The number of nitrogens with two attached hydrogens (primary N) is 1. The van der Waals surface area contributed by atoms with Crippen molar-refractivity contribution in [3.8, 4) is 0 Å². The van der Waals surface area contributed by atoms with Gasteiger partial charge in [0.2, 0.25) is 5.95 Å². The Morgan fingerprint density at radius 3 is 2.52 bits per heavy atom. The molecule has 1 aliphatic rings. The van der Waals surface area contributed by atoms with E-state index in [-0.39, 0.29) is 11.8 Å². The van der Waals surface area contributed by atoms with Gasteiger partial charge in [0.25, 0.3) is 0 Å². The van der Waals surface area contributed by atoms with Crippen molar-refractivity contribution >= 4 is 11.8 Å². The first-order valence-corrected chi connectivity index (χ1v) is 7.04. The molecule has 1 aliphatic carbocycles. The summed E-state index contributed by atoms with van der Waals surface area (Å²) in [5.74, 6) is 5.66. The molecule has 0 unspecified atom stereocenters. The maximum atomic E-state index is 12.8. The van der Waals surface area contributed by atoms with Crippen LogP contribution in [0.25, 0.3) is 0 Å². The highest BCUT2D eigenvalue weighted by molar-refractivity contribution is 5.44. The van der Waals surface area contributed by atoms with Crippen LogP contribution >= 0.6 is 0 Å². The molecule has 1 heterocycles.